The first kappa shape index (κ1) is 19.0. The van der Waals surface area contributed by atoms with Crippen LogP contribution in [-0.2, 0) is 11.3 Å². The second-order valence-electron chi connectivity index (χ2n) is 6.53. The molecule has 7 heteroatoms. The molecule has 0 bridgehead atoms. The number of nitrogens with one attached hydrogen (secondary N) is 1. The number of likely N-dealkylation sites (N-methyl/N-ethyl adjacent to an activating group) is 1. The summed E-state index contributed by atoms with van der Waals surface area (Å²) in [6.07, 6.45) is -0.784. The zero-order valence-electron chi connectivity index (χ0n) is 15.5. The van der Waals surface area contributed by atoms with Crippen molar-refractivity contribution in [2.75, 3.05) is 32.3 Å². The maximum atomic E-state index is 12.2. The molecule has 0 radical (unpaired) electrons. The van der Waals surface area contributed by atoms with E-state index < -0.39 is 6.10 Å². The topological polar surface area (TPSA) is 80.3 Å². The lowest BCUT2D eigenvalue weighted by Crippen LogP contribution is -2.38. The monoisotopic (exact) mass is 372 g/mol. The van der Waals surface area contributed by atoms with Gasteiger partial charge in [-0.25, -0.2) is 4.79 Å². The van der Waals surface area contributed by atoms with Crippen LogP contribution >= 0.6 is 0 Å². The van der Waals surface area contributed by atoms with E-state index in [1.807, 2.05) is 49.4 Å². The summed E-state index contributed by atoms with van der Waals surface area (Å²) < 4.78 is 16.1. The van der Waals surface area contributed by atoms with Gasteiger partial charge in [-0.3, -0.25) is 0 Å². The van der Waals surface area contributed by atoms with Crippen LogP contribution < -0.4 is 14.8 Å². The van der Waals surface area contributed by atoms with Crippen LogP contribution in [0.2, 0.25) is 0 Å². The largest absolute Gasteiger partial charge is 0.454 e. The van der Waals surface area contributed by atoms with Gasteiger partial charge >= 0.3 is 6.03 Å². The molecule has 0 saturated heterocycles. The molecule has 7 nitrogen and oxygen atoms in total. The minimum Gasteiger partial charge on any atom is -0.454 e. The molecule has 1 heterocycles. The van der Waals surface area contributed by atoms with Crippen molar-refractivity contribution in [1.29, 1.82) is 0 Å². The number of aliphatic hydroxyl groups is 1. The molecule has 2 aromatic carbocycles. The average Bonchev–Trinajstić information content (AvgIpc) is 3.11. The highest BCUT2D eigenvalue weighted by atomic mass is 16.7. The van der Waals surface area contributed by atoms with Crippen LogP contribution in [0.15, 0.2) is 42.5 Å². The zero-order valence-corrected chi connectivity index (χ0v) is 15.5. The number of anilines is 1. The van der Waals surface area contributed by atoms with Crippen molar-refractivity contribution in [3.63, 3.8) is 0 Å². The molecular formula is C20H24N2O5. The third-order valence-corrected chi connectivity index (χ3v) is 4.15. The predicted octanol–water partition coefficient (Wildman–Crippen LogP) is 2.77. The van der Waals surface area contributed by atoms with Crippen molar-refractivity contribution in [2.24, 2.45) is 0 Å². The van der Waals surface area contributed by atoms with E-state index in [1.54, 1.807) is 7.05 Å². The van der Waals surface area contributed by atoms with Crippen molar-refractivity contribution >= 4 is 11.7 Å². The number of urea groups is 1. The molecule has 144 valence electrons. The molecule has 0 saturated carbocycles. The summed E-state index contributed by atoms with van der Waals surface area (Å²) in [7, 11) is 1.63. The van der Waals surface area contributed by atoms with Gasteiger partial charge in [-0.2, -0.15) is 0 Å². The van der Waals surface area contributed by atoms with Crippen molar-refractivity contribution in [2.45, 2.75) is 19.6 Å². The van der Waals surface area contributed by atoms with E-state index in [4.69, 9.17) is 14.2 Å². The van der Waals surface area contributed by atoms with Crippen LogP contribution in [0.4, 0.5) is 10.5 Å². The standard InChI is InChI=1S/C20H24N2O5/c1-14-3-6-16(7-4-14)21-20(24)22(2)10-17(23)12-25-11-15-5-8-18-19(9-15)27-13-26-18/h3-9,17,23H,10-13H2,1-2H3,(H,21,24). The van der Waals surface area contributed by atoms with Gasteiger partial charge in [0.05, 0.1) is 25.9 Å². The molecule has 1 atom stereocenters. The Morgan fingerprint density at radius 2 is 1.96 bits per heavy atom. The molecule has 0 aromatic heterocycles. The molecule has 2 aromatic rings. The lowest BCUT2D eigenvalue weighted by Gasteiger charge is -2.21. The summed E-state index contributed by atoms with van der Waals surface area (Å²) in [4.78, 5) is 13.6. The summed E-state index contributed by atoms with van der Waals surface area (Å²) in [6.45, 7) is 2.84. The highest BCUT2D eigenvalue weighted by molar-refractivity contribution is 5.89. The molecule has 27 heavy (non-hydrogen) atoms. The number of carbonyl (C=O) groups is 1. The number of fused-ring (bicyclic) bond motifs is 1. The van der Waals surface area contributed by atoms with E-state index in [2.05, 4.69) is 5.32 Å². The van der Waals surface area contributed by atoms with Crippen LogP contribution in [0.3, 0.4) is 0 Å². The molecule has 3 rings (SSSR count). The van der Waals surface area contributed by atoms with E-state index in [0.29, 0.717) is 18.0 Å². The van der Waals surface area contributed by atoms with Gasteiger partial charge in [0.2, 0.25) is 6.79 Å². The Morgan fingerprint density at radius 3 is 2.74 bits per heavy atom. The van der Waals surface area contributed by atoms with Gasteiger partial charge in [0.25, 0.3) is 0 Å². The van der Waals surface area contributed by atoms with Gasteiger partial charge in [0, 0.05) is 12.7 Å². The highest BCUT2D eigenvalue weighted by Gasteiger charge is 2.15. The molecule has 1 unspecified atom stereocenters. The fourth-order valence-corrected chi connectivity index (χ4v) is 2.65. The second-order valence-corrected chi connectivity index (χ2v) is 6.53. The van der Waals surface area contributed by atoms with Gasteiger partial charge in [-0.15, -0.1) is 0 Å². The summed E-state index contributed by atoms with van der Waals surface area (Å²) in [5.41, 5.74) is 2.76. The first-order valence-corrected chi connectivity index (χ1v) is 8.74. The number of carbonyl (C=O) groups excluding carboxylic acids is 1. The SMILES string of the molecule is Cc1ccc(NC(=O)N(C)CC(O)COCc2ccc3c(c2)OCO3)cc1. The molecular weight excluding hydrogens is 348 g/mol. The number of nitrogens with zero attached hydrogens (tertiary/aromatic N) is 1. The summed E-state index contributed by atoms with van der Waals surface area (Å²) in [5.74, 6) is 1.42. The number of hydrogen-bond donors (Lipinski definition) is 2. The minimum absolute atomic E-state index is 0.122. The lowest BCUT2D eigenvalue weighted by atomic mass is 10.2. The van der Waals surface area contributed by atoms with Gasteiger partial charge < -0.3 is 29.5 Å². The number of benzene rings is 2. The molecule has 1 aliphatic heterocycles. The molecule has 0 spiro atoms. The van der Waals surface area contributed by atoms with Crippen molar-refractivity contribution < 1.29 is 24.1 Å². The van der Waals surface area contributed by atoms with Crippen LogP contribution in [0.25, 0.3) is 0 Å². The van der Waals surface area contributed by atoms with Gasteiger partial charge in [-0.1, -0.05) is 23.8 Å². The molecule has 0 fully saturated rings. The van der Waals surface area contributed by atoms with E-state index in [1.165, 1.54) is 4.90 Å². The van der Waals surface area contributed by atoms with Crippen molar-refractivity contribution in [3.8, 4) is 11.5 Å². The van der Waals surface area contributed by atoms with Gasteiger partial charge in [0.1, 0.15) is 0 Å². The first-order valence-electron chi connectivity index (χ1n) is 8.74. The third kappa shape index (κ3) is 5.35. The van der Waals surface area contributed by atoms with Crippen LogP contribution in [0.1, 0.15) is 11.1 Å². The molecule has 1 aliphatic rings. The lowest BCUT2D eigenvalue weighted by molar-refractivity contribution is 0.0188. The van der Waals surface area contributed by atoms with E-state index >= 15 is 0 Å². The fourth-order valence-electron chi connectivity index (χ4n) is 2.65. The number of amides is 2. The Kier molecular flexibility index (Phi) is 6.16. The fraction of sp³-hybridized carbons (Fsp3) is 0.350. The van der Waals surface area contributed by atoms with Crippen molar-refractivity contribution in [3.05, 3.63) is 53.6 Å². The molecule has 0 aliphatic carbocycles. The highest BCUT2D eigenvalue weighted by Crippen LogP contribution is 2.32. The smallest absolute Gasteiger partial charge is 0.321 e. The number of hydrogen-bond acceptors (Lipinski definition) is 5. The van der Waals surface area contributed by atoms with Crippen molar-refractivity contribution in [1.82, 2.24) is 4.90 Å². The first-order chi connectivity index (χ1) is 13.0. The van der Waals surface area contributed by atoms with E-state index in [0.717, 1.165) is 16.9 Å². The van der Waals surface area contributed by atoms with Gasteiger partial charge in [-0.05, 0) is 36.8 Å². The Morgan fingerprint density at radius 1 is 1.22 bits per heavy atom. The number of aliphatic hydroxyl groups excluding tert-OH is 1. The Bertz CT molecular complexity index is 778. The van der Waals surface area contributed by atoms with E-state index in [9.17, 15) is 9.90 Å². The third-order valence-electron chi connectivity index (χ3n) is 4.15. The Balaban J connectivity index is 1.39. The maximum absolute atomic E-state index is 12.2. The maximum Gasteiger partial charge on any atom is 0.321 e. The summed E-state index contributed by atoms with van der Waals surface area (Å²) in [6, 6.07) is 12.8. The minimum atomic E-state index is -0.784. The average molecular weight is 372 g/mol. The second kappa shape index (κ2) is 8.75. The summed E-state index contributed by atoms with van der Waals surface area (Å²) >= 11 is 0. The Labute approximate surface area is 158 Å². The van der Waals surface area contributed by atoms with Gasteiger partial charge in [0.15, 0.2) is 11.5 Å². The number of aryl methyl sites for hydroxylation is 1. The summed E-state index contributed by atoms with van der Waals surface area (Å²) in [5, 5.41) is 12.9. The predicted molar refractivity (Wildman–Crippen MR) is 101 cm³/mol. The number of rotatable bonds is 7. The van der Waals surface area contributed by atoms with Crippen LogP contribution in [-0.4, -0.2) is 49.1 Å². The van der Waals surface area contributed by atoms with Crippen LogP contribution in [0, 0.1) is 6.92 Å². The Hall–Kier alpha value is -2.77. The molecule has 2 N–H and O–H groups in total. The number of ether oxygens (including phenoxy) is 3. The quantitative estimate of drug-likeness (QED) is 0.781. The zero-order chi connectivity index (χ0) is 19.2. The normalized spacial score (nSPS) is 13.3. The molecule has 2 amide bonds. The van der Waals surface area contributed by atoms with E-state index in [-0.39, 0.29) is 26.0 Å². The van der Waals surface area contributed by atoms with Crippen LogP contribution in [0.5, 0.6) is 11.5 Å².